The van der Waals surface area contributed by atoms with E-state index in [-0.39, 0.29) is 11.5 Å². The first-order chi connectivity index (χ1) is 12.1. The summed E-state index contributed by atoms with van der Waals surface area (Å²) >= 11 is 1.46. The van der Waals surface area contributed by atoms with Crippen molar-refractivity contribution < 1.29 is 4.79 Å². The summed E-state index contributed by atoms with van der Waals surface area (Å²) in [4.78, 5) is 30.1. The zero-order valence-corrected chi connectivity index (χ0v) is 14.8. The topological polar surface area (TPSA) is 92.7 Å². The molecule has 0 fully saturated rings. The highest BCUT2D eigenvalue weighted by Gasteiger charge is 2.21. The zero-order valence-electron chi connectivity index (χ0n) is 14.0. The summed E-state index contributed by atoms with van der Waals surface area (Å²) in [6.07, 6.45) is 4.08. The number of hydrogen-bond donors (Lipinski definition) is 2. The van der Waals surface area contributed by atoms with Gasteiger partial charge >= 0.3 is 0 Å². The number of carbonyl (C=O) groups is 1. The van der Waals surface area contributed by atoms with Gasteiger partial charge in [-0.25, -0.2) is 4.98 Å². The van der Waals surface area contributed by atoms with Gasteiger partial charge in [0.05, 0.1) is 5.39 Å². The van der Waals surface area contributed by atoms with E-state index in [1.165, 1.54) is 11.3 Å². The molecule has 1 amide bonds. The lowest BCUT2D eigenvalue weighted by atomic mass is 9.96. The van der Waals surface area contributed by atoms with Crippen LogP contribution in [0.15, 0.2) is 16.2 Å². The maximum atomic E-state index is 12.5. The van der Waals surface area contributed by atoms with Crippen molar-refractivity contribution in [2.75, 3.05) is 6.54 Å². The van der Waals surface area contributed by atoms with Crippen molar-refractivity contribution in [1.82, 2.24) is 25.1 Å². The van der Waals surface area contributed by atoms with Gasteiger partial charge in [-0.15, -0.1) is 11.3 Å². The minimum absolute atomic E-state index is 0.0600. The number of nitrogens with zero attached hydrogens (tertiary/aromatic N) is 3. The minimum atomic E-state index is -0.185. The van der Waals surface area contributed by atoms with Crippen molar-refractivity contribution in [2.45, 2.75) is 39.2 Å². The molecule has 3 aromatic heterocycles. The predicted molar refractivity (Wildman–Crippen MR) is 96.2 cm³/mol. The number of thiophene rings is 1. The van der Waals surface area contributed by atoms with E-state index in [0.717, 1.165) is 41.8 Å². The summed E-state index contributed by atoms with van der Waals surface area (Å²) in [5.74, 6) is 0.473. The van der Waals surface area contributed by atoms with Gasteiger partial charge in [-0.05, 0) is 44.1 Å². The van der Waals surface area contributed by atoms with Gasteiger partial charge in [0.2, 0.25) is 0 Å². The van der Waals surface area contributed by atoms with Crippen molar-refractivity contribution in [1.29, 1.82) is 0 Å². The number of amides is 1. The number of hydrogen-bond acceptors (Lipinski definition) is 5. The highest BCUT2D eigenvalue weighted by atomic mass is 32.1. The third-order valence-corrected chi connectivity index (χ3v) is 5.47. The lowest BCUT2D eigenvalue weighted by Gasteiger charge is -2.12. The van der Waals surface area contributed by atoms with Gasteiger partial charge in [0.15, 0.2) is 5.69 Å². The maximum Gasteiger partial charge on any atom is 0.272 e. The summed E-state index contributed by atoms with van der Waals surface area (Å²) in [6, 6.07) is 1.79. The Morgan fingerprint density at radius 2 is 2.24 bits per heavy atom. The number of H-pyrrole nitrogens is 1. The second-order valence-electron chi connectivity index (χ2n) is 6.25. The average Bonchev–Trinajstić information content (AvgIpc) is 3.24. The third-order valence-electron chi connectivity index (χ3n) is 4.67. The number of aromatic nitrogens is 4. The number of aryl methyl sites for hydroxylation is 2. The van der Waals surface area contributed by atoms with E-state index in [1.807, 2.05) is 12.3 Å². The molecule has 0 atom stereocenters. The zero-order chi connectivity index (χ0) is 17.4. The van der Waals surface area contributed by atoms with E-state index in [9.17, 15) is 9.59 Å². The fraction of sp³-hybridized carbons (Fsp3) is 0.412. The summed E-state index contributed by atoms with van der Waals surface area (Å²) in [6.45, 7) is 2.56. The highest BCUT2D eigenvalue weighted by Crippen LogP contribution is 2.22. The first-order valence-electron chi connectivity index (χ1n) is 8.44. The minimum Gasteiger partial charge on any atom is -0.349 e. The van der Waals surface area contributed by atoms with Crippen LogP contribution in [0.4, 0.5) is 0 Å². The molecule has 3 heterocycles. The van der Waals surface area contributed by atoms with E-state index in [2.05, 4.69) is 20.5 Å². The Hall–Kier alpha value is -2.48. The summed E-state index contributed by atoms with van der Waals surface area (Å²) in [5, 5.41) is 12.5. The van der Waals surface area contributed by atoms with Crippen LogP contribution in [0.3, 0.4) is 0 Å². The van der Waals surface area contributed by atoms with Crippen molar-refractivity contribution in [3.05, 3.63) is 44.6 Å². The highest BCUT2D eigenvalue weighted by molar-refractivity contribution is 7.16. The number of fused-ring (bicyclic) bond motifs is 2. The van der Waals surface area contributed by atoms with Crippen molar-refractivity contribution >= 4 is 27.5 Å². The van der Waals surface area contributed by atoms with E-state index in [0.29, 0.717) is 30.0 Å². The second kappa shape index (κ2) is 6.44. The molecule has 3 aromatic rings. The largest absolute Gasteiger partial charge is 0.349 e. The molecule has 0 unspecified atom stereocenters. The van der Waals surface area contributed by atoms with Crippen LogP contribution >= 0.6 is 11.3 Å². The lowest BCUT2D eigenvalue weighted by molar-refractivity contribution is 0.0946. The average molecular weight is 357 g/mol. The van der Waals surface area contributed by atoms with Crippen LogP contribution in [0.1, 0.15) is 40.4 Å². The maximum absolute atomic E-state index is 12.5. The molecule has 0 spiro atoms. The molecule has 25 heavy (non-hydrogen) atoms. The quantitative estimate of drug-likeness (QED) is 0.745. The number of carbonyl (C=O) groups excluding carboxylic acids is 1. The molecule has 0 saturated heterocycles. The molecule has 0 radical (unpaired) electrons. The number of aromatic amines is 1. The molecule has 1 aliphatic rings. The first kappa shape index (κ1) is 16.0. The Labute approximate surface area is 148 Å². The van der Waals surface area contributed by atoms with Crippen LogP contribution in [0.2, 0.25) is 0 Å². The molecular weight excluding hydrogens is 338 g/mol. The molecule has 0 bridgehead atoms. The molecule has 7 nitrogen and oxygen atoms in total. The standard InChI is InChI=1S/C17H19N5O2S/c1-10-19-16-12(6-9-25-16)17(24)22(10)8-7-18-15(23)14-11-4-2-3-5-13(11)20-21-14/h6,9H,2-5,7-8H2,1H3,(H,18,23)(H,20,21). The van der Waals surface area contributed by atoms with Gasteiger partial charge in [0.1, 0.15) is 10.7 Å². The monoisotopic (exact) mass is 357 g/mol. The number of rotatable bonds is 4. The van der Waals surface area contributed by atoms with E-state index >= 15 is 0 Å². The predicted octanol–water partition coefficient (Wildman–Crippen LogP) is 1.80. The van der Waals surface area contributed by atoms with Gasteiger partial charge in [-0.3, -0.25) is 19.3 Å². The van der Waals surface area contributed by atoms with E-state index in [1.54, 1.807) is 10.6 Å². The van der Waals surface area contributed by atoms with Crippen molar-refractivity contribution in [2.24, 2.45) is 0 Å². The molecule has 4 rings (SSSR count). The van der Waals surface area contributed by atoms with Gasteiger partial charge < -0.3 is 5.32 Å². The molecular formula is C17H19N5O2S. The van der Waals surface area contributed by atoms with Gasteiger partial charge in [-0.2, -0.15) is 5.10 Å². The third kappa shape index (κ3) is 2.86. The normalized spacial score (nSPS) is 13.8. The number of nitrogens with one attached hydrogen (secondary N) is 2. The Kier molecular flexibility index (Phi) is 4.12. The van der Waals surface area contributed by atoms with E-state index in [4.69, 9.17) is 0 Å². The Morgan fingerprint density at radius 3 is 3.12 bits per heavy atom. The van der Waals surface area contributed by atoms with Crippen LogP contribution in [0.25, 0.3) is 10.2 Å². The van der Waals surface area contributed by atoms with Gasteiger partial charge in [0.25, 0.3) is 11.5 Å². The lowest BCUT2D eigenvalue weighted by Crippen LogP contribution is -2.32. The molecule has 8 heteroatoms. The summed E-state index contributed by atoms with van der Waals surface area (Å²) < 4.78 is 1.61. The Bertz CT molecular complexity index is 1000. The van der Waals surface area contributed by atoms with Crippen LogP contribution < -0.4 is 10.9 Å². The molecule has 0 aromatic carbocycles. The molecule has 0 saturated carbocycles. The SMILES string of the molecule is Cc1nc2sccc2c(=O)n1CCNC(=O)c1n[nH]c2c1CCCC2. The van der Waals surface area contributed by atoms with Crippen LogP contribution in [0.5, 0.6) is 0 Å². The van der Waals surface area contributed by atoms with Crippen molar-refractivity contribution in [3.63, 3.8) is 0 Å². The van der Waals surface area contributed by atoms with Crippen molar-refractivity contribution in [3.8, 4) is 0 Å². The Morgan fingerprint density at radius 1 is 1.40 bits per heavy atom. The summed E-state index contributed by atoms with van der Waals surface area (Å²) in [5.41, 5.74) is 2.55. The molecule has 130 valence electrons. The summed E-state index contributed by atoms with van der Waals surface area (Å²) in [7, 11) is 0. The first-order valence-corrected chi connectivity index (χ1v) is 9.32. The molecule has 2 N–H and O–H groups in total. The van der Waals surface area contributed by atoms with E-state index < -0.39 is 0 Å². The van der Waals surface area contributed by atoms with Crippen LogP contribution in [-0.2, 0) is 19.4 Å². The van der Waals surface area contributed by atoms with Gasteiger partial charge in [0, 0.05) is 24.3 Å². The van der Waals surface area contributed by atoms with Gasteiger partial charge in [-0.1, -0.05) is 0 Å². The second-order valence-corrected chi connectivity index (χ2v) is 7.14. The van der Waals surface area contributed by atoms with Crippen LogP contribution in [-0.4, -0.2) is 32.2 Å². The molecule has 0 aliphatic heterocycles. The van der Waals surface area contributed by atoms with Crippen LogP contribution in [0, 0.1) is 6.92 Å². The fourth-order valence-electron chi connectivity index (χ4n) is 3.35. The molecule has 1 aliphatic carbocycles. The fourth-order valence-corrected chi connectivity index (χ4v) is 4.15. The Balaban J connectivity index is 1.47. The smallest absolute Gasteiger partial charge is 0.272 e.